The molecule has 0 spiro atoms. The number of thiophene rings is 1. The van der Waals surface area contributed by atoms with Crippen molar-refractivity contribution in [1.82, 2.24) is 4.98 Å². The standard InChI is InChI=1S/C8H6ClNO2S2/c1-14(11,12)6-4-5-2-3-10-8(9)7(5)13-6/h2-4H,1H3. The Balaban J connectivity index is 2.81. The zero-order valence-electron chi connectivity index (χ0n) is 7.19. The first-order valence-corrected chi connectivity index (χ1v) is 6.81. The molecule has 0 fully saturated rings. The summed E-state index contributed by atoms with van der Waals surface area (Å²) in [6.45, 7) is 0. The Kier molecular flexibility index (Phi) is 2.25. The fraction of sp³-hybridized carbons (Fsp3) is 0.125. The third-order valence-corrected chi connectivity index (χ3v) is 5.09. The molecule has 74 valence electrons. The molecular formula is C8H6ClNO2S2. The second-order valence-electron chi connectivity index (χ2n) is 2.86. The molecule has 0 radical (unpaired) electrons. The van der Waals surface area contributed by atoms with Crippen LogP contribution < -0.4 is 0 Å². The van der Waals surface area contributed by atoms with Gasteiger partial charge in [-0.2, -0.15) is 0 Å². The molecule has 0 unspecified atom stereocenters. The molecule has 2 aromatic rings. The number of hydrogen-bond acceptors (Lipinski definition) is 4. The lowest BCUT2D eigenvalue weighted by atomic mass is 10.3. The Hall–Kier alpha value is -0.650. The Morgan fingerprint density at radius 3 is 2.79 bits per heavy atom. The predicted octanol–water partition coefficient (Wildman–Crippen LogP) is 2.35. The van der Waals surface area contributed by atoms with E-state index in [9.17, 15) is 8.42 Å². The van der Waals surface area contributed by atoms with Crippen molar-refractivity contribution >= 4 is 42.9 Å². The number of pyridine rings is 1. The summed E-state index contributed by atoms with van der Waals surface area (Å²) in [5.74, 6) is 0. The predicted molar refractivity (Wildman–Crippen MR) is 57.7 cm³/mol. The average Bonchev–Trinajstić information content (AvgIpc) is 2.48. The van der Waals surface area contributed by atoms with Gasteiger partial charge in [0.05, 0.1) is 4.70 Å². The Morgan fingerprint density at radius 1 is 1.50 bits per heavy atom. The monoisotopic (exact) mass is 247 g/mol. The minimum atomic E-state index is -3.15. The van der Waals surface area contributed by atoms with Crippen molar-refractivity contribution in [3.8, 4) is 0 Å². The highest BCUT2D eigenvalue weighted by Crippen LogP contribution is 2.32. The van der Waals surface area contributed by atoms with Gasteiger partial charge in [0.1, 0.15) is 9.36 Å². The topological polar surface area (TPSA) is 47.0 Å². The van der Waals surface area contributed by atoms with Crippen molar-refractivity contribution in [3.05, 3.63) is 23.5 Å². The third kappa shape index (κ3) is 1.63. The molecule has 0 saturated heterocycles. The molecule has 0 aromatic carbocycles. The van der Waals surface area contributed by atoms with Crippen molar-refractivity contribution < 1.29 is 8.42 Å². The van der Waals surface area contributed by atoms with Gasteiger partial charge >= 0.3 is 0 Å². The highest BCUT2D eigenvalue weighted by atomic mass is 35.5. The molecule has 0 atom stereocenters. The first-order valence-electron chi connectivity index (χ1n) is 3.72. The largest absolute Gasteiger partial charge is 0.243 e. The minimum absolute atomic E-state index is 0.322. The molecular weight excluding hydrogens is 242 g/mol. The van der Waals surface area contributed by atoms with Gasteiger partial charge in [-0.3, -0.25) is 0 Å². The van der Waals surface area contributed by atoms with Gasteiger partial charge in [0.15, 0.2) is 9.84 Å². The fourth-order valence-electron chi connectivity index (χ4n) is 1.09. The van der Waals surface area contributed by atoms with Crippen molar-refractivity contribution in [3.63, 3.8) is 0 Å². The smallest absolute Gasteiger partial charge is 0.184 e. The van der Waals surface area contributed by atoms with Crippen molar-refractivity contribution in [2.45, 2.75) is 4.21 Å². The lowest BCUT2D eigenvalue weighted by molar-refractivity contribution is 0.604. The second kappa shape index (κ2) is 3.18. The Bertz CT molecular complexity index is 588. The molecule has 0 aliphatic rings. The number of halogens is 1. The van der Waals surface area contributed by atoms with Gasteiger partial charge in [0.2, 0.25) is 0 Å². The molecule has 0 saturated carbocycles. The van der Waals surface area contributed by atoms with Gasteiger partial charge in [-0.1, -0.05) is 11.6 Å². The Morgan fingerprint density at radius 2 is 2.21 bits per heavy atom. The molecule has 2 rings (SSSR count). The second-order valence-corrected chi connectivity index (χ2v) is 6.51. The normalized spacial score (nSPS) is 12.1. The van der Waals surface area contributed by atoms with E-state index in [1.807, 2.05) is 0 Å². The molecule has 2 aromatic heterocycles. The fourth-order valence-corrected chi connectivity index (χ4v) is 3.34. The molecule has 0 bridgehead atoms. The summed E-state index contributed by atoms with van der Waals surface area (Å²) in [4.78, 5) is 3.88. The summed E-state index contributed by atoms with van der Waals surface area (Å²) >= 11 is 6.97. The van der Waals surface area contributed by atoms with E-state index < -0.39 is 9.84 Å². The summed E-state index contributed by atoms with van der Waals surface area (Å²) in [6, 6.07) is 3.36. The van der Waals surface area contributed by atoms with Crippen LogP contribution in [0.2, 0.25) is 5.15 Å². The van der Waals surface area contributed by atoms with E-state index in [-0.39, 0.29) is 0 Å². The van der Waals surface area contributed by atoms with Gasteiger partial charge in [0.25, 0.3) is 0 Å². The summed E-state index contributed by atoms with van der Waals surface area (Å²) in [7, 11) is -3.15. The molecule has 3 nitrogen and oxygen atoms in total. The lowest BCUT2D eigenvalue weighted by Gasteiger charge is -1.88. The summed E-state index contributed by atoms with van der Waals surface area (Å²) in [6.07, 6.45) is 2.74. The molecule has 0 aliphatic carbocycles. The van der Waals surface area contributed by atoms with E-state index in [1.165, 1.54) is 6.26 Å². The van der Waals surface area contributed by atoms with E-state index in [1.54, 1.807) is 18.3 Å². The van der Waals surface area contributed by atoms with Crippen molar-refractivity contribution in [2.24, 2.45) is 0 Å². The number of nitrogens with zero attached hydrogens (tertiary/aromatic N) is 1. The Labute approximate surface area is 90.3 Å². The third-order valence-electron chi connectivity index (χ3n) is 1.73. The van der Waals surface area contributed by atoms with E-state index in [0.717, 1.165) is 21.4 Å². The number of rotatable bonds is 1. The molecule has 2 heterocycles. The zero-order chi connectivity index (χ0) is 10.3. The SMILES string of the molecule is CS(=O)(=O)c1cc2ccnc(Cl)c2s1. The van der Waals surface area contributed by atoms with Crippen LogP contribution in [0.15, 0.2) is 22.5 Å². The van der Waals surface area contributed by atoms with Crippen molar-refractivity contribution in [1.29, 1.82) is 0 Å². The van der Waals surface area contributed by atoms with Crippen LogP contribution in [-0.4, -0.2) is 19.7 Å². The molecule has 0 N–H and O–H groups in total. The van der Waals surface area contributed by atoms with Gasteiger partial charge in [0, 0.05) is 12.5 Å². The highest BCUT2D eigenvalue weighted by Gasteiger charge is 2.13. The highest BCUT2D eigenvalue weighted by molar-refractivity contribution is 7.93. The van der Waals surface area contributed by atoms with Crippen LogP contribution in [0, 0.1) is 0 Å². The molecule has 0 amide bonds. The first-order chi connectivity index (χ1) is 6.48. The molecule has 6 heteroatoms. The number of hydrogen-bond donors (Lipinski definition) is 0. The number of fused-ring (bicyclic) bond motifs is 1. The van der Waals surface area contributed by atoms with E-state index in [4.69, 9.17) is 11.6 Å². The average molecular weight is 248 g/mol. The van der Waals surface area contributed by atoms with Crippen LogP contribution >= 0.6 is 22.9 Å². The van der Waals surface area contributed by atoms with Crippen LogP contribution in [0.4, 0.5) is 0 Å². The maximum Gasteiger partial charge on any atom is 0.184 e. The maximum absolute atomic E-state index is 11.3. The van der Waals surface area contributed by atoms with E-state index in [2.05, 4.69) is 4.98 Å². The van der Waals surface area contributed by atoms with Gasteiger partial charge in [-0.15, -0.1) is 11.3 Å². The quantitative estimate of drug-likeness (QED) is 0.727. The van der Waals surface area contributed by atoms with Crippen molar-refractivity contribution in [2.75, 3.05) is 6.26 Å². The van der Waals surface area contributed by atoms with Crippen LogP contribution in [0.5, 0.6) is 0 Å². The van der Waals surface area contributed by atoms with Gasteiger partial charge < -0.3 is 0 Å². The minimum Gasteiger partial charge on any atom is -0.243 e. The summed E-state index contributed by atoms with van der Waals surface area (Å²) < 4.78 is 23.6. The van der Waals surface area contributed by atoms with Crippen LogP contribution in [0.3, 0.4) is 0 Å². The van der Waals surface area contributed by atoms with Gasteiger partial charge in [-0.05, 0) is 17.5 Å². The zero-order valence-corrected chi connectivity index (χ0v) is 9.58. The molecule has 0 aliphatic heterocycles. The van der Waals surface area contributed by atoms with Gasteiger partial charge in [-0.25, -0.2) is 13.4 Å². The van der Waals surface area contributed by atoms with E-state index >= 15 is 0 Å². The lowest BCUT2D eigenvalue weighted by Crippen LogP contribution is -1.91. The maximum atomic E-state index is 11.3. The van der Waals surface area contributed by atoms with E-state index in [0.29, 0.717) is 9.36 Å². The summed E-state index contributed by atoms with van der Waals surface area (Å²) in [5, 5.41) is 1.16. The van der Waals surface area contributed by atoms with Crippen LogP contribution in [-0.2, 0) is 9.84 Å². The molecule has 14 heavy (non-hydrogen) atoms. The number of sulfone groups is 1. The summed E-state index contributed by atoms with van der Waals surface area (Å²) in [5.41, 5.74) is 0. The van der Waals surface area contributed by atoms with Crippen LogP contribution in [0.25, 0.3) is 10.1 Å². The first kappa shape index (κ1) is 9.89. The number of aromatic nitrogens is 1. The van der Waals surface area contributed by atoms with Crippen LogP contribution in [0.1, 0.15) is 0 Å².